The molecule has 1 N–H and O–H groups in total. The summed E-state index contributed by atoms with van der Waals surface area (Å²) in [6, 6.07) is 10.5. The van der Waals surface area contributed by atoms with Gasteiger partial charge in [-0.05, 0) is 31.4 Å². The van der Waals surface area contributed by atoms with E-state index in [1.54, 1.807) is 0 Å². The number of rotatable bonds is 12. The van der Waals surface area contributed by atoms with Gasteiger partial charge in [0.25, 0.3) is 0 Å². The number of nitrogens with zero attached hydrogens (tertiary/aromatic N) is 3. The molecule has 162 valence electrons. The van der Waals surface area contributed by atoms with Crippen LogP contribution in [0.1, 0.15) is 46.0 Å². The zero-order valence-electron chi connectivity index (χ0n) is 18.2. The van der Waals surface area contributed by atoms with Gasteiger partial charge in [0.2, 0.25) is 11.8 Å². The van der Waals surface area contributed by atoms with Gasteiger partial charge in [-0.25, -0.2) is 0 Å². The van der Waals surface area contributed by atoms with Crippen LogP contribution < -0.4 is 10.2 Å². The summed E-state index contributed by atoms with van der Waals surface area (Å²) in [5.74, 6) is 0.232. The predicted molar refractivity (Wildman–Crippen MR) is 119 cm³/mol. The van der Waals surface area contributed by atoms with Crippen molar-refractivity contribution in [2.24, 2.45) is 0 Å². The number of nitrogens with one attached hydrogen (secondary N) is 1. The highest BCUT2D eigenvalue weighted by atomic mass is 16.2. The van der Waals surface area contributed by atoms with Crippen molar-refractivity contribution in [3.8, 4) is 0 Å². The first kappa shape index (κ1) is 23.2. The van der Waals surface area contributed by atoms with Gasteiger partial charge in [-0.15, -0.1) is 0 Å². The number of para-hydroxylation sites is 1. The van der Waals surface area contributed by atoms with E-state index in [4.69, 9.17) is 0 Å². The summed E-state index contributed by atoms with van der Waals surface area (Å²) in [6.45, 7) is 11.4. The smallest absolute Gasteiger partial charge is 0.222 e. The maximum absolute atomic E-state index is 12.2. The molecule has 0 bridgehead atoms. The zero-order chi connectivity index (χ0) is 20.9. The van der Waals surface area contributed by atoms with E-state index in [0.29, 0.717) is 25.8 Å². The molecule has 1 aliphatic rings. The number of benzene rings is 1. The molecule has 0 radical (unpaired) electrons. The highest BCUT2D eigenvalue weighted by Gasteiger charge is 2.17. The van der Waals surface area contributed by atoms with E-state index in [9.17, 15) is 9.59 Å². The van der Waals surface area contributed by atoms with Gasteiger partial charge in [-0.3, -0.25) is 14.5 Å². The minimum atomic E-state index is 0.0539. The number of carbonyl (C=O) groups is 2. The highest BCUT2D eigenvalue weighted by molar-refractivity contribution is 5.78. The largest absolute Gasteiger partial charge is 0.369 e. The van der Waals surface area contributed by atoms with Crippen LogP contribution in [0.3, 0.4) is 0 Å². The van der Waals surface area contributed by atoms with Crippen LogP contribution in [0.5, 0.6) is 0 Å². The molecule has 29 heavy (non-hydrogen) atoms. The molecule has 0 spiro atoms. The molecule has 1 aromatic carbocycles. The molecular weight excluding hydrogens is 364 g/mol. The lowest BCUT2D eigenvalue weighted by molar-refractivity contribution is -0.131. The standard InChI is InChI=1S/C23H38N4O2/c1-3-14-27(15-4-2)23(29)12-8-11-22(28)24-13-16-25-17-19-26(20-18-25)21-9-6-5-7-10-21/h5-7,9-10H,3-4,8,11-20H2,1-2H3,(H,24,28). The first-order chi connectivity index (χ1) is 14.1. The molecule has 2 rings (SSSR count). The second-order valence-electron chi connectivity index (χ2n) is 7.75. The van der Waals surface area contributed by atoms with Crippen molar-refractivity contribution in [3.05, 3.63) is 30.3 Å². The van der Waals surface area contributed by atoms with Crippen molar-refractivity contribution in [3.63, 3.8) is 0 Å². The second kappa shape index (κ2) is 13.2. The lowest BCUT2D eigenvalue weighted by Crippen LogP contribution is -2.48. The average Bonchev–Trinajstić information content (AvgIpc) is 2.74. The molecule has 0 unspecified atom stereocenters. The highest BCUT2D eigenvalue weighted by Crippen LogP contribution is 2.15. The molecule has 0 saturated carbocycles. The average molecular weight is 403 g/mol. The fraction of sp³-hybridized carbons (Fsp3) is 0.652. The Kier molecular flexibility index (Phi) is 10.6. The third-order valence-corrected chi connectivity index (χ3v) is 5.38. The van der Waals surface area contributed by atoms with E-state index >= 15 is 0 Å². The van der Waals surface area contributed by atoms with Crippen molar-refractivity contribution in [2.75, 3.05) is 57.3 Å². The van der Waals surface area contributed by atoms with Crippen LogP contribution in [-0.4, -0.2) is 74.0 Å². The molecule has 6 nitrogen and oxygen atoms in total. The SMILES string of the molecule is CCCN(CCC)C(=O)CCCC(=O)NCCN1CCN(c2ccccc2)CC1. The van der Waals surface area contributed by atoms with Crippen LogP contribution >= 0.6 is 0 Å². The van der Waals surface area contributed by atoms with Crippen molar-refractivity contribution in [2.45, 2.75) is 46.0 Å². The van der Waals surface area contributed by atoms with Gasteiger partial charge < -0.3 is 15.1 Å². The van der Waals surface area contributed by atoms with Crippen LogP contribution in [0.4, 0.5) is 5.69 Å². The van der Waals surface area contributed by atoms with Crippen molar-refractivity contribution in [1.82, 2.24) is 15.1 Å². The minimum Gasteiger partial charge on any atom is -0.369 e. The third-order valence-electron chi connectivity index (χ3n) is 5.38. The van der Waals surface area contributed by atoms with Crippen molar-refractivity contribution < 1.29 is 9.59 Å². The Morgan fingerprint density at radius 2 is 1.62 bits per heavy atom. The Morgan fingerprint density at radius 3 is 2.24 bits per heavy atom. The summed E-state index contributed by atoms with van der Waals surface area (Å²) in [6.07, 6.45) is 3.48. The Balaban J connectivity index is 1.55. The quantitative estimate of drug-likeness (QED) is 0.584. The Labute approximate surface area is 176 Å². The number of hydrogen-bond acceptors (Lipinski definition) is 4. The normalized spacial score (nSPS) is 14.6. The maximum atomic E-state index is 12.2. The van der Waals surface area contributed by atoms with Crippen LogP contribution in [0, 0.1) is 0 Å². The third kappa shape index (κ3) is 8.44. The second-order valence-corrected chi connectivity index (χ2v) is 7.75. The van der Waals surface area contributed by atoms with E-state index in [1.165, 1.54) is 5.69 Å². The summed E-state index contributed by atoms with van der Waals surface area (Å²) < 4.78 is 0. The van der Waals surface area contributed by atoms with Crippen LogP contribution in [0.25, 0.3) is 0 Å². The van der Waals surface area contributed by atoms with E-state index in [-0.39, 0.29) is 11.8 Å². The Hall–Kier alpha value is -2.08. The topological polar surface area (TPSA) is 55.9 Å². The summed E-state index contributed by atoms with van der Waals surface area (Å²) >= 11 is 0. The Morgan fingerprint density at radius 1 is 0.966 bits per heavy atom. The number of carbonyl (C=O) groups excluding carboxylic acids is 2. The fourth-order valence-electron chi connectivity index (χ4n) is 3.77. The molecule has 0 atom stereocenters. The van der Waals surface area contributed by atoms with E-state index in [0.717, 1.165) is 58.7 Å². The van der Waals surface area contributed by atoms with Crippen molar-refractivity contribution >= 4 is 17.5 Å². The molecule has 1 fully saturated rings. The van der Waals surface area contributed by atoms with E-state index in [2.05, 4.69) is 53.2 Å². The molecule has 0 aliphatic carbocycles. The van der Waals surface area contributed by atoms with Gasteiger partial charge in [0, 0.05) is 70.9 Å². The van der Waals surface area contributed by atoms with Gasteiger partial charge in [-0.1, -0.05) is 32.0 Å². The molecule has 1 heterocycles. The van der Waals surface area contributed by atoms with Gasteiger partial charge in [0.15, 0.2) is 0 Å². The predicted octanol–water partition coefficient (Wildman–Crippen LogP) is 2.74. The van der Waals surface area contributed by atoms with Gasteiger partial charge in [0.1, 0.15) is 0 Å². The Bertz CT molecular complexity index is 594. The molecule has 1 aliphatic heterocycles. The molecule has 1 aromatic rings. The number of hydrogen-bond donors (Lipinski definition) is 1. The molecule has 2 amide bonds. The minimum absolute atomic E-state index is 0.0539. The van der Waals surface area contributed by atoms with Gasteiger partial charge in [-0.2, -0.15) is 0 Å². The number of amides is 2. The van der Waals surface area contributed by atoms with E-state index in [1.807, 2.05) is 11.0 Å². The van der Waals surface area contributed by atoms with Crippen LogP contribution in [-0.2, 0) is 9.59 Å². The van der Waals surface area contributed by atoms with Gasteiger partial charge in [0.05, 0.1) is 0 Å². The lowest BCUT2D eigenvalue weighted by Gasteiger charge is -2.36. The molecule has 1 saturated heterocycles. The first-order valence-electron chi connectivity index (χ1n) is 11.2. The maximum Gasteiger partial charge on any atom is 0.222 e. The number of piperazine rings is 1. The van der Waals surface area contributed by atoms with Crippen LogP contribution in [0.15, 0.2) is 30.3 Å². The molecule has 6 heteroatoms. The van der Waals surface area contributed by atoms with E-state index < -0.39 is 0 Å². The summed E-state index contributed by atoms with van der Waals surface area (Å²) in [7, 11) is 0. The molecular formula is C23H38N4O2. The summed E-state index contributed by atoms with van der Waals surface area (Å²) in [4.78, 5) is 31.0. The van der Waals surface area contributed by atoms with Crippen LogP contribution in [0.2, 0.25) is 0 Å². The summed E-state index contributed by atoms with van der Waals surface area (Å²) in [5, 5.41) is 3.01. The monoisotopic (exact) mass is 402 g/mol. The number of anilines is 1. The van der Waals surface area contributed by atoms with Crippen molar-refractivity contribution in [1.29, 1.82) is 0 Å². The van der Waals surface area contributed by atoms with Gasteiger partial charge >= 0.3 is 0 Å². The summed E-state index contributed by atoms with van der Waals surface area (Å²) in [5.41, 5.74) is 1.28. The lowest BCUT2D eigenvalue weighted by atomic mass is 10.2. The zero-order valence-corrected chi connectivity index (χ0v) is 18.2. The molecule has 0 aromatic heterocycles. The fourth-order valence-corrected chi connectivity index (χ4v) is 3.77. The first-order valence-corrected chi connectivity index (χ1v) is 11.2.